The maximum atomic E-state index is 13.8. The number of carbonyl (C=O) groups is 1. The molecule has 6 nitrogen and oxygen atoms in total. The van der Waals surface area contributed by atoms with Crippen molar-refractivity contribution in [2.75, 3.05) is 10.0 Å². The minimum Gasteiger partial charge on any atom is -0.298 e. The molecular weight excluding hydrogens is 449 g/mol. The van der Waals surface area contributed by atoms with E-state index in [1.165, 1.54) is 42.5 Å². The van der Waals surface area contributed by atoms with Crippen molar-refractivity contribution in [1.29, 1.82) is 0 Å². The number of hydrogen-bond acceptors (Lipinski definition) is 5. The van der Waals surface area contributed by atoms with Crippen LogP contribution in [0, 0.1) is 5.82 Å². The van der Waals surface area contributed by atoms with Gasteiger partial charge in [-0.15, -0.1) is 0 Å². The minimum absolute atomic E-state index is 0.00348. The lowest BCUT2D eigenvalue weighted by atomic mass is 10.2. The summed E-state index contributed by atoms with van der Waals surface area (Å²) >= 11 is 6.93. The number of benzene rings is 3. The van der Waals surface area contributed by atoms with Crippen LogP contribution in [-0.2, 0) is 10.0 Å². The predicted octanol–water partition coefficient (Wildman–Crippen LogP) is 5.14. The van der Waals surface area contributed by atoms with Crippen LogP contribution in [0.1, 0.15) is 10.4 Å². The first-order valence-corrected chi connectivity index (χ1v) is 11.2. The Bertz CT molecular complexity index is 1360. The van der Waals surface area contributed by atoms with Gasteiger partial charge < -0.3 is 0 Å². The average Bonchev–Trinajstić information content (AvgIpc) is 3.12. The second kappa shape index (κ2) is 8.02. The molecule has 1 heterocycles. The van der Waals surface area contributed by atoms with Crippen LogP contribution in [0.15, 0.2) is 71.6 Å². The Morgan fingerprint density at radius 1 is 1.00 bits per heavy atom. The number of carbonyl (C=O) groups excluding carboxylic acids is 1. The van der Waals surface area contributed by atoms with Crippen LogP contribution in [-0.4, -0.2) is 19.3 Å². The van der Waals surface area contributed by atoms with Crippen LogP contribution < -0.4 is 10.0 Å². The zero-order valence-corrected chi connectivity index (χ0v) is 17.5. The molecule has 0 atom stereocenters. The standard InChI is InChI=1S/C20H13ClFN3O3S2/c21-12-8-10-13(11-9-12)30(27,28)25-16-6-2-1-4-14(16)19(26)24-20-23-18-15(22)5-3-7-17(18)29-20/h1-11,25H,(H,23,24,26). The van der Waals surface area contributed by atoms with E-state index >= 15 is 0 Å². The number of rotatable bonds is 5. The van der Waals surface area contributed by atoms with E-state index in [1.54, 1.807) is 24.3 Å². The number of sulfonamides is 1. The summed E-state index contributed by atoms with van der Waals surface area (Å²) in [5, 5.41) is 3.21. The van der Waals surface area contributed by atoms with E-state index in [1.807, 2.05) is 0 Å². The summed E-state index contributed by atoms with van der Waals surface area (Å²) in [5.74, 6) is -1.07. The summed E-state index contributed by atoms with van der Waals surface area (Å²) in [6.07, 6.45) is 0. The molecular formula is C20H13ClFN3O3S2. The third-order valence-corrected chi connectivity index (χ3v) is 6.70. The summed E-state index contributed by atoms with van der Waals surface area (Å²) in [4.78, 5) is 16.9. The quantitative estimate of drug-likeness (QED) is 0.430. The molecule has 0 unspecified atom stereocenters. The van der Waals surface area contributed by atoms with Crippen molar-refractivity contribution in [1.82, 2.24) is 4.98 Å². The molecule has 2 N–H and O–H groups in total. The molecule has 0 radical (unpaired) electrons. The number of nitrogens with zero attached hydrogens (tertiary/aromatic N) is 1. The van der Waals surface area contributed by atoms with Gasteiger partial charge >= 0.3 is 0 Å². The van der Waals surface area contributed by atoms with Crippen molar-refractivity contribution in [3.63, 3.8) is 0 Å². The molecule has 30 heavy (non-hydrogen) atoms. The highest BCUT2D eigenvalue weighted by Gasteiger charge is 2.19. The van der Waals surface area contributed by atoms with Gasteiger partial charge in [0.1, 0.15) is 11.3 Å². The molecule has 0 saturated heterocycles. The third-order valence-electron chi connectivity index (χ3n) is 4.13. The Kier molecular flexibility index (Phi) is 5.42. The molecule has 152 valence electrons. The zero-order chi connectivity index (χ0) is 21.3. The first-order chi connectivity index (χ1) is 14.3. The molecule has 4 rings (SSSR count). The Hall–Kier alpha value is -3.01. The van der Waals surface area contributed by atoms with E-state index in [4.69, 9.17) is 11.6 Å². The minimum atomic E-state index is -3.94. The van der Waals surface area contributed by atoms with Crippen LogP contribution >= 0.6 is 22.9 Å². The second-order valence-corrected chi connectivity index (χ2v) is 9.31. The fourth-order valence-electron chi connectivity index (χ4n) is 2.72. The van der Waals surface area contributed by atoms with E-state index in [-0.39, 0.29) is 26.8 Å². The van der Waals surface area contributed by atoms with Crippen LogP contribution in [0.25, 0.3) is 10.2 Å². The third kappa shape index (κ3) is 4.13. The average molecular weight is 462 g/mol. The van der Waals surface area contributed by atoms with Crippen molar-refractivity contribution in [2.45, 2.75) is 4.90 Å². The van der Waals surface area contributed by atoms with Gasteiger partial charge in [0.15, 0.2) is 5.13 Å². The van der Waals surface area contributed by atoms with Crippen molar-refractivity contribution in [2.24, 2.45) is 0 Å². The van der Waals surface area contributed by atoms with Gasteiger partial charge in [0.2, 0.25) is 0 Å². The normalized spacial score (nSPS) is 11.4. The smallest absolute Gasteiger partial charge is 0.261 e. The van der Waals surface area contributed by atoms with Crippen molar-refractivity contribution >= 4 is 59.9 Å². The summed E-state index contributed by atoms with van der Waals surface area (Å²) < 4.78 is 42.2. The predicted molar refractivity (Wildman–Crippen MR) is 116 cm³/mol. The molecule has 10 heteroatoms. The molecule has 0 bridgehead atoms. The number of halogens is 2. The molecule has 0 aliphatic rings. The summed E-state index contributed by atoms with van der Waals surface area (Å²) in [6.45, 7) is 0. The maximum Gasteiger partial charge on any atom is 0.261 e. The zero-order valence-electron chi connectivity index (χ0n) is 15.1. The van der Waals surface area contributed by atoms with Crippen molar-refractivity contribution < 1.29 is 17.6 Å². The molecule has 0 aliphatic heterocycles. The van der Waals surface area contributed by atoms with Gasteiger partial charge in [-0.05, 0) is 48.5 Å². The summed E-state index contributed by atoms with van der Waals surface area (Å²) in [5.41, 5.74) is 0.349. The van der Waals surface area contributed by atoms with E-state index in [9.17, 15) is 17.6 Å². The number of amides is 1. The lowest BCUT2D eigenvalue weighted by Gasteiger charge is -2.12. The van der Waals surface area contributed by atoms with Gasteiger partial charge in [0.05, 0.1) is 20.8 Å². The molecule has 0 saturated carbocycles. The second-order valence-electron chi connectivity index (χ2n) is 6.16. The topological polar surface area (TPSA) is 88.2 Å². The van der Waals surface area contributed by atoms with E-state index in [2.05, 4.69) is 15.0 Å². The fraction of sp³-hybridized carbons (Fsp3) is 0. The number of aromatic nitrogens is 1. The molecule has 1 amide bonds. The van der Waals surface area contributed by atoms with Gasteiger partial charge in [0.25, 0.3) is 15.9 Å². The van der Waals surface area contributed by atoms with Gasteiger partial charge in [0, 0.05) is 5.02 Å². The van der Waals surface area contributed by atoms with Gasteiger partial charge in [-0.25, -0.2) is 17.8 Å². The maximum absolute atomic E-state index is 13.8. The van der Waals surface area contributed by atoms with Gasteiger partial charge in [-0.2, -0.15) is 0 Å². The van der Waals surface area contributed by atoms with Gasteiger partial charge in [-0.1, -0.05) is 41.1 Å². The lowest BCUT2D eigenvalue weighted by Crippen LogP contribution is -2.18. The number of hydrogen-bond donors (Lipinski definition) is 2. The summed E-state index contributed by atoms with van der Waals surface area (Å²) in [6, 6.07) is 16.3. The monoisotopic (exact) mass is 461 g/mol. The molecule has 0 fully saturated rings. The number of anilines is 2. The highest BCUT2D eigenvalue weighted by molar-refractivity contribution is 7.92. The van der Waals surface area contributed by atoms with Crippen LogP contribution in [0.4, 0.5) is 15.2 Å². The van der Waals surface area contributed by atoms with E-state index < -0.39 is 21.7 Å². The highest BCUT2D eigenvalue weighted by Crippen LogP contribution is 2.29. The largest absolute Gasteiger partial charge is 0.298 e. The number of thiazole rings is 1. The Labute approximate surface area is 180 Å². The van der Waals surface area contributed by atoms with Crippen LogP contribution in [0.3, 0.4) is 0 Å². The Morgan fingerprint density at radius 2 is 1.73 bits per heavy atom. The summed E-state index contributed by atoms with van der Waals surface area (Å²) in [7, 11) is -3.94. The molecule has 3 aromatic carbocycles. The van der Waals surface area contributed by atoms with Gasteiger partial charge in [-0.3, -0.25) is 14.8 Å². The SMILES string of the molecule is O=C(Nc1nc2c(F)cccc2s1)c1ccccc1NS(=O)(=O)c1ccc(Cl)cc1. The molecule has 4 aromatic rings. The molecule has 1 aromatic heterocycles. The Balaban J connectivity index is 1.61. The first-order valence-electron chi connectivity index (χ1n) is 8.57. The molecule has 0 aliphatic carbocycles. The number of fused-ring (bicyclic) bond motifs is 1. The first kappa shape index (κ1) is 20.3. The number of para-hydroxylation sites is 2. The van der Waals surface area contributed by atoms with E-state index in [0.29, 0.717) is 9.72 Å². The lowest BCUT2D eigenvalue weighted by molar-refractivity contribution is 0.102. The van der Waals surface area contributed by atoms with Crippen molar-refractivity contribution in [3.8, 4) is 0 Å². The molecule has 0 spiro atoms. The highest BCUT2D eigenvalue weighted by atomic mass is 35.5. The fourth-order valence-corrected chi connectivity index (χ4v) is 4.80. The van der Waals surface area contributed by atoms with Crippen LogP contribution in [0.5, 0.6) is 0 Å². The van der Waals surface area contributed by atoms with Crippen molar-refractivity contribution in [3.05, 3.63) is 83.1 Å². The number of nitrogens with one attached hydrogen (secondary N) is 2. The Morgan fingerprint density at radius 3 is 2.47 bits per heavy atom. The van der Waals surface area contributed by atoms with Crippen LogP contribution in [0.2, 0.25) is 5.02 Å². The van der Waals surface area contributed by atoms with E-state index in [0.717, 1.165) is 11.3 Å².